The minimum Gasteiger partial charge on any atom is -0.433 e. The molecule has 1 unspecified atom stereocenters. The standard InChI is InChI=1S/C18H22F2N4OS/c1-21-18(22-10-13-7-9-26-12-13)23-14-6-8-24(11-14)15-4-2-3-5-16(15)25-17(19)20/h2-5,7,9,12,14,17H,6,8,10-11H2,1H3,(H2,21,22,23). The van der Waals surface area contributed by atoms with Crippen molar-refractivity contribution in [2.45, 2.75) is 25.6 Å². The molecular formula is C18H22F2N4OS. The molecule has 0 spiro atoms. The van der Waals surface area contributed by atoms with Crippen LogP contribution >= 0.6 is 11.3 Å². The molecule has 1 saturated heterocycles. The third-order valence-corrected chi connectivity index (χ3v) is 4.95. The topological polar surface area (TPSA) is 48.9 Å². The van der Waals surface area contributed by atoms with Crippen LogP contribution in [0.25, 0.3) is 0 Å². The number of ether oxygens (including phenoxy) is 1. The summed E-state index contributed by atoms with van der Waals surface area (Å²) < 4.78 is 29.9. The Hall–Kier alpha value is -2.35. The zero-order chi connectivity index (χ0) is 18.4. The van der Waals surface area contributed by atoms with Crippen LogP contribution in [-0.2, 0) is 6.54 Å². The zero-order valence-electron chi connectivity index (χ0n) is 14.5. The van der Waals surface area contributed by atoms with E-state index in [0.717, 1.165) is 18.9 Å². The van der Waals surface area contributed by atoms with Gasteiger partial charge < -0.3 is 20.3 Å². The molecule has 1 fully saturated rings. The quantitative estimate of drug-likeness (QED) is 0.596. The van der Waals surface area contributed by atoms with Crippen LogP contribution in [0.15, 0.2) is 46.1 Å². The average Bonchev–Trinajstić information content (AvgIpc) is 3.30. The van der Waals surface area contributed by atoms with Crippen molar-refractivity contribution >= 4 is 23.0 Å². The number of guanidine groups is 1. The molecule has 140 valence electrons. The zero-order valence-corrected chi connectivity index (χ0v) is 15.3. The number of hydrogen-bond acceptors (Lipinski definition) is 4. The summed E-state index contributed by atoms with van der Waals surface area (Å²) in [6.07, 6.45) is 0.891. The largest absolute Gasteiger partial charge is 0.433 e. The van der Waals surface area contributed by atoms with Crippen LogP contribution < -0.4 is 20.3 Å². The van der Waals surface area contributed by atoms with E-state index in [2.05, 4.69) is 36.7 Å². The van der Waals surface area contributed by atoms with Crippen molar-refractivity contribution in [2.24, 2.45) is 4.99 Å². The highest BCUT2D eigenvalue weighted by Crippen LogP contribution is 2.31. The SMILES string of the molecule is CN=C(NCc1ccsc1)NC1CCN(c2ccccc2OC(F)F)C1. The molecule has 0 saturated carbocycles. The van der Waals surface area contributed by atoms with Crippen molar-refractivity contribution in [1.29, 1.82) is 0 Å². The predicted molar refractivity (Wildman–Crippen MR) is 101 cm³/mol. The first kappa shape index (κ1) is 18.4. The summed E-state index contributed by atoms with van der Waals surface area (Å²) in [7, 11) is 1.74. The second kappa shape index (κ2) is 8.84. The van der Waals surface area contributed by atoms with Gasteiger partial charge in [-0.2, -0.15) is 20.1 Å². The first-order valence-corrected chi connectivity index (χ1v) is 9.37. The van der Waals surface area contributed by atoms with Crippen molar-refractivity contribution in [1.82, 2.24) is 10.6 Å². The minimum absolute atomic E-state index is 0.184. The lowest BCUT2D eigenvalue weighted by atomic mass is 10.2. The number of hydrogen-bond donors (Lipinski definition) is 2. The highest BCUT2D eigenvalue weighted by Gasteiger charge is 2.26. The fraction of sp³-hybridized carbons (Fsp3) is 0.389. The Morgan fingerprint density at radius 3 is 2.96 bits per heavy atom. The second-order valence-electron chi connectivity index (χ2n) is 5.98. The molecular weight excluding hydrogens is 358 g/mol. The van der Waals surface area contributed by atoms with Gasteiger partial charge in [0.15, 0.2) is 5.96 Å². The van der Waals surface area contributed by atoms with E-state index in [-0.39, 0.29) is 11.8 Å². The van der Waals surface area contributed by atoms with Crippen molar-refractivity contribution in [3.63, 3.8) is 0 Å². The summed E-state index contributed by atoms with van der Waals surface area (Å²) in [5.41, 5.74) is 1.90. The Kier molecular flexibility index (Phi) is 6.27. The number of nitrogens with one attached hydrogen (secondary N) is 2. The van der Waals surface area contributed by atoms with E-state index < -0.39 is 6.61 Å². The van der Waals surface area contributed by atoms with Crippen LogP contribution in [0.4, 0.5) is 14.5 Å². The molecule has 2 N–H and O–H groups in total. The molecule has 3 rings (SSSR count). The number of aliphatic imine (C=N–C) groups is 1. The van der Waals surface area contributed by atoms with Crippen molar-refractivity contribution in [3.05, 3.63) is 46.7 Å². The van der Waals surface area contributed by atoms with E-state index in [9.17, 15) is 8.78 Å². The molecule has 1 aliphatic heterocycles. The summed E-state index contributed by atoms with van der Waals surface area (Å²) in [5.74, 6) is 0.947. The fourth-order valence-electron chi connectivity index (χ4n) is 2.98. The van der Waals surface area contributed by atoms with Crippen molar-refractivity contribution in [2.75, 3.05) is 25.0 Å². The first-order valence-electron chi connectivity index (χ1n) is 8.42. The van der Waals surface area contributed by atoms with Crippen molar-refractivity contribution in [3.8, 4) is 5.75 Å². The van der Waals surface area contributed by atoms with Gasteiger partial charge in [0.2, 0.25) is 0 Å². The van der Waals surface area contributed by atoms with Gasteiger partial charge in [0.25, 0.3) is 0 Å². The van der Waals surface area contributed by atoms with Gasteiger partial charge in [-0.15, -0.1) is 0 Å². The lowest BCUT2D eigenvalue weighted by Gasteiger charge is -2.22. The molecule has 0 radical (unpaired) electrons. The molecule has 0 aliphatic carbocycles. The molecule has 2 heterocycles. The van der Waals surface area contributed by atoms with Crippen LogP contribution in [-0.4, -0.2) is 38.8 Å². The normalized spacial score (nSPS) is 17.6. The minimum atomic E-state index is -2.83. The lowest BCUT2D eigenvalue weighted by molar-refractivity contribution is -0.0495. The summed E-state index contributed by atoms with van der Waals surface area (Å²) in [4.78, 5) is 6.32. The maximum atomic E-state index is 12.6. The third kappa shape index (κ3) is 4.85. The Morgan fingerprint density at radius 1 is 1.38 bits per heavy atom. The number of halogens is 2. The molecule has 26 heavy (non-hydrogen) atoms. The fourth-order valence-corrected chi connectivity index (χ4v) is 3.65. The number of anilines is 1. The molecule has 1 aromatic heterocycles. The summed E-state index contributed by atoms with van der Waals surface area (Å²) in [6, 6.07) is 9.16. The predicted octanol–water partition coefficient (Wildman–Crippen LogP) is 3.29. The van der Waals surface area contributed by atoms with Gasteiger partial charge in [0.1, 0.15) is 5.75 Å². The highest BCUT2D eigenvalue weighted by atomic mass is 32.1. The maximum absolute atomic E-state index is 12.6. The molecule has 1 atom stereocenters. The number of rotatable bonds is 6. The number of thiophene rings is 1. The number of para-hydroxylation sites is 2. The van der Waals surface area contributed by atoms with E-state index in [1.54, 1.807) is 30.5 Å². The summed E-state index contributed by atoms with van der Waals surface area (Å²) in [5, 5.41) is 10.8. The van der Waals surface area contributed by atoms with Gasteiger partial charge in [-0.1, -0.05) is 12.1 Å². The van der Waals surface area contributed by atoms with E-state index in [4.69, 9.17) is 0 Å². The van der Waals surface area contributed by atoms with Gasteiger partial charge in [-0.3, -0.25) is 4.99 Å². The van der Waals surface area contributed by atoms with E-state index in [1.165, 1.54) is 5.56 Å². The molecule has 0 amide bonds. The number of nitrogens with zero attached hydrogens (tertiary/aromatic N) is 2. The summed E-state index contributed by atoms with van der Waals surface area (Å²) >= 11 is 1.66. The molecule has 5 nitrogen and oxygen atoms in total. The molecule has 2 aromatic rings. The Morgan fingerprint density at radius 2 is 2.23 bits per heavy atom. The Balaban J connectivity index is 1.56. The van der Waals surface area contributed by atoms with Gasteiger partial charge in [0.05, 0.1) is 5.69 Å². The summed E-state index contributed by atoms with van der Waals surface area (Å²) in [6.45, 7) is -0.649. The van der Waals surface area contributed by atoms with E-state index in [0.29, 0.717) is 18.8 Å². The molecule has 1 aliphatic rings. The van der Waals surface area contributed by atoms with Crippen LogP contribution in [0.3, 0.4) is 0 Å². The van der Waals surface area contributed by atoms with Crippen LogP contribution in [0.1, 0.15) is 12.0 Å². The lowest BCUT2D eigenvalue weighted by Crippen LogP contribution is -2.44. The van der Waals surface area contributed by atoms with Gasteiger partial charge in [-0.25, -0.2) is 0 Å². The van der Waals surface area contributed by atoms with Crippen LogP contribution in [0.2, 0.25) is 0 Å². The van der Waals surface area contributed by atoms with Crippen LogP contribution in [0, 0.1) is 0 Å². The van der Waals surface area contributed by atoms with Crippen LogP contribution in [0.5, 0.6) is 5.75 Å². The highest BCUT2D eigenvalue weighted by molar-refractivity contribution is 7.07. The first-order chi connectivity index (χ1) is 12.7. The number of alkyl halides is 2. The molecule has 0 bridgehead atoms. The average molecular weight is 380 g/mol. The van der Waals surface area contributed by atoms with Crippen molar-refractivity contribution < 1.29 is 13.5 Å². The van der Waals surface area contributed by atoms with E-state index in [1.807, 2.05) is 17.5 Å². The van der Waals surface area contributed by atoms with E-state index >= 15 is 0 Å². The Bertz CT molecular complexity index is 724. The van der Waals surface area contributed by atoms with Gasteiger partial charge in [0, 0.05) is 32.7 Å². The molecule has 1 aromatic carbocycles. The second-order valence-corrected chi connectivity index (χ2v) is 6.76. The third-order valence-electron chi connectivity index (χ3n) is 4.21. The monoisotopic (exact) mass is 380 g/mol. The maximum Gasteiger partial charge on any atom is 0.387 e. The molecule has 8 heteroatoms. The van der Waals surface area contributed by atoms with Gasteiger partial charge >= 0.3 is 6.61 Å². The number of benzene rings is 1. The smallest absolute Gasteiger partial charge is 0.387 e. The Labute approximate surface area is 155 Å². The van der Waals surface area contributed by atoms with Gasteiger partial charge in [-0.05, 0) is 40.9 Å².